The first-order valence-corrected chi connectivity index (χ1v) is 9.77. The zero-order valence-corrected chi connectivity index (χ0v) is 17.7. The van der Waals surface area contributed by atoms with E-state index in [1.54, 1.807) is 44.4 Å². The number of hydrogen-bond acceptors (Lipinski definition) is 9. The maximum atomic E-state index is 12.2. The summed E-state index contributed by atoms with van der Waals surface area (Å²) in [6.45, 7) is 0.00176. The van der Waals surface area contributed by atoms with Crippen LogP contribution in [-0.4, -0.2) is 47.3 Å². The van der Waals surface area contributed by atoms with Gasteiger partial charge in [0.15, 0.2) is 11.6 Å². The molecule has 1 aromatic heterocycles. The molecular formula is C22H19N7O4. The molecule has 11 nitrogen and oxygen atoms in total. The summed E-state index contributed by atoms with van der Waals surface area (Å²) in [5.41, 5.74) is 7.22. The number of amides is 2. The van der Waals surface area contributed by atoms with Crippen molar-refractivity contribution in [1.29, 1.82) is 5.26 Å². The molecule has 1 aliphatic rings. The molecule has 0 saturated carbocycles. The highest BCUT2D eigenvalue weighted by Crippen LogP contribution is 2.38. The molecule has 0 spiro atoms. The highest BCUT2D eigenvalue weighted by Gasteiger charge is 2.24. The number of nitrogens with two attached hydrogens (primary N) is 1. The molecule has 0 unspecified atom stereocenters. The minimum Gasteiger partial charge on any atom is -0.435 e. The van der Waals surface area contributed by atoms with Crippen molar-refractivity contribution in [3.05, 3.63) is 53.6 Å². The molecule has 2 heterocycles. The van der Waals surface area contributed by atoms with Gasteiger partial charge in [-0.15, -0.1) is 0 Å². The second kappa shape index (κ2) is 8.72. The SMILES string of the molecule is CN(C)C(=O)c1cccc(Oc2nc3c(c(Oc4cc(C#N)ccc4N)n2)NC(=O)CN3)c1. The van der Waals surface area contributed by atoms with E-state index in [1.807, 2.05) is 6.07 Å². The molecule has 166 valence electrons. The maximum absolute atomic E-state index is 12.2. The number of ether oxygens (including phenoxy) is 2. The lowest BCUT2D eigenvalue weighted by Gasteiger charge is -2.21. The zero-order chi connectivity index (χ0) is 23.5. The average molecular weight is 445 g/mol. The van der Waals surface area contributed by atoms with Gasteiger partial charge in [-0.1, -0.05) is 6.07 Å². The number of carbonyl (C=O) groups is 2. The van der Waals surface area contributed by atoms with Gasteiger partial charge in [-0.25, -0.2) is 0 Å². The van der Waals surface area contributed by atoms with Crippen LogP contribution in [-0.2, 0) is 4.79 Å². The van der Waals surface area contributed by atoms with Gasteiger partial charge in [-0.05, 0) is 30.3 Å². The Balaban J connectivity index is 1.71. The average Bonchev–Trinajstić information content (AvgIpc) is 2.80. The fourth-order valence-corrected chi connectivity index (χ4v) is 2.98. The number of rotatable bonds is 5. The highest BCUT2D eigenvalue weighted by molar-refractivity contribution is 6.01. The van der Waals surface area contributed by atoms with Crippen molar-refractivity contribution in [3.63, 3.8) is 0 Å². The molecule has 0 bridgehead atoms. The van der Waals surface area contributed by atoms with Gasteiger partial charge in [0.1, 0.15) is 11.4 Å². The number of hydrogen-bond donors (Lipinski definition) is 3. The standard InChI is InChI=1S/C22H19N7O4/c1-29(2)21(31)13-4-3-5-14(9-13)32-22-27-19-18(26-17(30)11-25-19)20(28-22)33-16-8-12(10-23)6-7-15(16)24/h3-9H,11,24H2,1-2H3,(H,26,30)(H,25,27,28). The molecule has 11 heteroatoms. The van der Waals surface area contributed by atoms with Crippen molar-refractivity contribution in [3.8, 4) is 29.5 Å². The molecule has 4 N–H and O–H groups in total. The lowest BCUT2D eigenvalue weighted by Crippen LogP contribution is -2.28. The Hall–Kier alpha value is -4.85. The highest BCUT2D eigenvalue weighted by atomic mass is 16.5. The molecule has 1 aliphatic heterocycles. The van der Waals surface area contributed by atoms with Crippen LogP contribution in [0.3, 0.4) is 0 Å². The van der Waals surface area contributed by atoms with Crippen LogP contribution in [0.5, 0.6) is 23.4 Å². The van der Waals surface area contributed by atoms with Crippen molar-refractivity contribution < 1.29 is 19.1 Å². The van der Waals surface area contributed by atoms with Gasteiger partial charge in [-0.3, -0.25) is 9.59 Å². The molecule has 2 aromatic carbocycles. The lowest BCUT2D eigenvalue weighted by atomic mass is 10.2. The first-order chi connectivity index (χ1) is 15.8. The van der Waals surface area contributed by atoms with E-state index in [0.717, 1.165) is 0 Å². The number of benzene rings is 2. The monoisotopic (exact) mass is 445 g/mol. The third kappa shape index (κ3) is 4.59. The second-order valence-corrected chi connectivity index (χ2v) is 7.23. The summed E-state index contributed by atoms with van der Waals surface area (Å²) in [4.78, 5) is 34.2. The van der Waals surface area contributed by atoms with Gasteiger partial charge in [0.25, 0.3) is 11.8 Å². The van der Waals surface area contributed by atoms with Gasteiger partial charge in [0.2, 0.25) is 5.91 Å². The maximum Gasteiger partial charge on any atom is 0.327 e. The number of nitrogens with zero attached hydrogens (tertiary/aromatic N) is 4. The fourth-order valence-electron chi connectivity index (χ4n) is 2.98. The minimum absolute atomic E-state index is 0.00176. The van der Waals surface area contributed by atoms with Crippen LogP contribution in [0.2, 0.25) is 0 Å². The van der Waals surface area contributed by atoms with Gasteiger partial charge in [0, 0.05) is 25.7 Å². The molecular weight excluding hydrogens is 426 g/mol. The Bertz CT molecular complexity index is 1300. The number of fused-ring (bicyclic) bond motifs is 1. The van der Waals surface area contributed by atoms with Crippen molar-refractivity contribution in [2.75, 3.05) is 37.0 Å². The topological polar surface area (TPSA) is 155 Å². The van der Waals surface area contributed by atoms with E-state index in [9.17, 15) is 9.59 Å². The molecule has 33 heavy (non-hydrogen) atoms. The van der Waals surface area contributed by atoms with Gasteiger partial charge < -0.3 is 30.7 Å². The molecule has 0 saturated heterocycles. The van der Waals surface area contributed by atoms with Gasteiger partial charge in [0.05, 0.1) is 23.9 Å². The molecule has 0 fully saturated rings. The molecule has 0 radical (unpaired) electrons. The number of carbonyl (C=O) groups excluding carboxylic acids is 2. The van der Waals surface area contributed by atoms with Crippen LogP contribution < -0.4 is 25.8 Å². The summed E-state index contributed by atoms with van der Waals surface area (Å²) in [5, 5.41) is 14.7. The summed E-state index contributed by atoms with van der Waals surface area (Å²) in [5.74, 6) is 0.271. The van der Waals surface area contributed by atoms with Crippen LogP contribution in [0.25, 0.3) is 0 Å². The van der Waals surface area contributed by atoms with Crippen molar-refractivity contribution >= 4 is 29.0 Å². The number of anilines is 3. The van der Waals surface area contributed by atoms with Crippen LogP contribution in [0.4, 0.5) is 17.2 Å². The number of aromatic nitrogens is 2. The quantitative estimate of drug-likeness (QED) is 0.502. The summed E-state index contributed by atoms with van der Waals surface area (Å²) in [6.07, 6.45) is 0. The van der Waals surface area contributed by atoms with E-state index in [4.69, 9.17) is 20.5 Å². The Kier molecular flexibility index (Phi) is 5.65. The van der Waals surface area contributed by atoms with E-state index < -0.39 is 0 Å². The predicted molar refractivity (Wildman–Crippen MR) is 119 cm³/mol. The van der Waals surface area contributed by atoms with Crippen molar-refractivity contribution in [2.24, 2.45) is 0 Å². The Morgan fingerprint density at radius 3 is 2.76 bits per heavy atom. The number of nitriles is 1. The summed E-state index contributed by atoms with van der Waals surface area (Å²) in [6, 6.07) is 13.0. The first-order valence-electron chi connectivity index (χ1n) is 9.77. The second-order valence-electron chi connectivity index (χ2n) is 7.23. The van der Waals surface area contributed by atoms with Crippen LogP contribution in [0.15, 0.2) is 42.5 Å². The zero-order valence-electron chi connectivity index (χ0n) is 17.7. The van der Waals surface area contributed by atoms with Crippen LogP contribution in [0, 0.1) is 11.3 Å². The summed E-state index contributed by atoms with van der Waals surface area (Å²) in [7, 11) is 3.30. The van der Waals surface area contributed by atoms with Crippen molar-refractivity contribution in [2.45, 2.75) is 0 Å². The molecule has 3 aromatic rings. The van der Waals surface area contributed by atoms with Crippen molar-refractivity contribution in [1.82, 2.24) is 14.9 Å². The Morgan fingerprint density at radius 2 is 2.00 bits per heavy atom. The lowest BCUT2D eigenvalue weighted by molar-refractivity contribution is -0.114. The predicted octanol–water partition coefficient (Wildman–Crippen LogP) is 2.58. The van der Waals surface area contributed by atoms with E-state index in [-0.39, 0.29) is 53.2 Å². The van der Waals surface area contributed by atoms with Gasteiger partial charge in [-0.2, -0.15) is 15.2 Å². The van der Waals surface area contributed by atoms with Gasteiger partial charge >= 0.3 is 6.01 Å². The molecule has 2 amide bonds. The third-order valence-corrected chi connectivity index (χ3v) is 4.58. The third-order valence-electron chi connectivity index (χ3n) is 4.58. The van der Waals surface area contributed by atoms with E-state index in [2.05, 4.69) is 20.6 Å². The first kappa shape index (κ1) is 21.4. The van der Waals surface area contributed by atoms with E-state index in [0.29, 0.717) is 16.9 Å². The smallest absolute Gasteiger partial charge is 0.327 e. The van der Waals surface area contributed by atoms with Crippen LogP contribution in [0.1, 0.15) is 15.9 Å². The normalized spacial score (nSPS) is 12.0. The minimum atomic E-state index is -0.307. The molecule has 4 rings (SSSR count). The largest absolute Gasteiger partial charge is 0.435 e. The molecule has 0 atom stereocenters. The Labute approximate surface area is 188 Å². The summed E-state index contributed by atoms with van der Waals surface area (Å²) >= 11 is 0. The fraction of sp³-hybridized carbons (Fsp3) is 0.136. The van der Waals surface area contributed by atoms with E-state index in [1.165, 1.54) is 17.0 Å². The summed E-state index contributed by atoms with van der Waals surface area (Å²) < 4.78 is 11.6. The van der Waals surface area contributed by atoms with E-state index >= 15 is 0 Å². The Morgan fingerprint density at radius 1 is 1.18 bits per heavy atom. The molecule has 0 aliphatic carbocycles. The number of nitrogen functional groups attached to an aromatic ring is 1. The van der Waals surface area contributed by atoms with Crippen LogP contribution >= 0.6 is 0 Å². The number of nitrogens with one attached hydrogen (secondary N) is 2.